The van der Waals surface area contributed by atoms with E-state index in [1.807, 2.05) is 23.9 Å². The van der Waals surface area contributed by atoms with Crippen molar-refractivity contribution in [1.29, 1.82) is 0 Å². The fraction of sp³-hybridized carbons (Fsp3) is 0.400. The lowest BCUT2D eigenvalue weighted by molar-refractivity contribution is -0.304. The van der Waals surface area contributed by atoms with Gasteiger partial charge in [0.05, 0.1) is 10.6 Å². The molecule has 6 nitrogen and oxygen atoms in total. The first-order chi connectivity index (χ1) is 16.5. The molecule has 0 aliphatic carbocycles. The highest BCUT2D eigenvalue weighted by Crippen LogP contribution is 2.29. The minimum absolute atomic E-state index is 0.250. The number of carboxylic acid groups (broad SMARTS) is 1. The Bertz CT molecular complexity index is 1060. The van der Waals surface area contributed by atoms with Crippen LogP contribution in [0.2, 0.25) is 0 Å². The highest BCUT2D eigenvalue weighted by Gasteiger charge is 2.12. The number of carbonyl (C=O) groups is 2. The molecule has 3 aromatic rings. The van der Waals surface area contributed by atoms with E-state index in [0.29, 0.717) is 22.2 Å². The van der Waals surface area contributed by atoms with Crippen LogP contribution in [0.3, 0.4) is 0 Å². The predicted molar refractivity (Wildman–Crippen MR) is 141 cm³/mol. The number of unbranched alkanes of at least 4 members (excludes halogenated alkanes) is 5. The fourth-order valence-corrected chi connectivity index (χ4v) is 5.92. The number of benzene rings is 1. The Morgan fingerprint density at radius 1 is 1.06 bits per heavy atom. The van der Waals surface area contributed by atoms with E-state index in [9.17, 15) is 14.7 Å². The standard InChI is InChI=1S/C25H31N3O3S3/c1-2-3-4-5-6-9-14-32-21-11-8-7-10-20(21)26-16-19-12-13-22(34-19)24(31)28-25-27-18(17-33-25)15-23(29)30/h7-8,10-13,17,26H,2-6,9,14-16H2,1H3,(H,29,30)(H,27,28,31)/p-1. The monoisotopic (exact) mass is 516 g/mol. The largest absolute Gasteiger partial charge is 0.550 e. The van der Waals surface area contributed by atoms with Gasteiger partial charge in [-0.1, -0.05) is 51.2 Å². The Balaban J connectivity index is 1.47. The van der Waals surface area contributed by atoms with Crippen molar-refractivity contribution in [1.82, 2.24) is 4.98 Å². The SMILES string of the molecule is CCCCCCCCSc1ccccc1NCc1ccc(C(=O)Nc2nc(CC(=O)[O-])cs2)s1. The number of thiazole rings is 1. The van der Waals surface area contributed by atoms with Crippen molar-refractivity contribution in [3.05, 3.63) is 57.2 Å². The molecule has 0 radical (unpaired) electrons. The van der Waals surface area contributed by atoms with E-state index in [1.54, 1.807) is 11.4 Å². The normalized spacial score (nSPS) is 10.9. The number of hydrogen-bond donors (Lipinski definition) is 2. The number of para-hydroxylation sites is 1. The second-order valence-electron chi connectivity index (χ2n) is 7.88. The fourth-order valence-electron chi connectivity index (χ4n) is 3.33. The molecular weight excluding hydrogens is 486 g/mol. The molecule has 0 aliphatic rings. The number of amides is 1. The molecule has 0 fully saturated rings. The summed E-state index contributed by atoms with van der Waals surface area (Å²) >= 11 is 4.52. The molecule has 0 spiro atoms. The molecule has 9 heteroatoms. The van der Waals surface area contributed by atoms with Crippen LogP contribution in [0, 0.1) is 0 Å². The van der Waals surface area contributed by atoms with Gasteiger partial charge in [-0.2, -0.15) is 0 Å². The van der Waals surface area contributed by atoms with Crippen LogP contribution in [0.25, 0.3) is 0 Å². The van der Waals surface area contributed by atoms with E-state index >= 15 is 0 Å². The lowest BCUT2D eigenvalue weighted by atomic mass is 10.1. The first-order valence-electron chi connectivity index (χ1n) is 11.5. The van der Waals surface area contributed by atoms with E-state index in [2.05, 4.69) is 40.7 Å². The molecule has 182 valence electrons. The molecule has 0 bridgehead atoms. The Morgan fingerprint density at radius 2 is 1.85 bits per heavy atom. The molecule has 0 aliphatic heterocycles. The molecular formula is C25H30N3O3S3-. The third-order valence-corrected chi connectivity index (χ3v) is 8.13. The first kappa shape index (κ1) is 26.2. The summed E-state index contributed by atoms with van der Waals surface area (Å²) in [6.07, 6.45) is 7.55. The second-order valence-corrected chi connectivity index (χ2v) is 11.0. The molecule has 2 aromatic heterocycles. The zero-order chi connectivity index (χ0) is 24.2. The third kappa shape index (κ3) is 8.77. The number of thiophene rings is 1. The van der Waals surface area contributed by atoms with E-state index in [0.717, 1.165) is 16.3 Å². The molecule has 0 saturated heterocycles. The molecule has 0 atom stereocenters. The zero-order valence-corrected chi connectivity index (χ0v) is 21.8. The Kier molecular flexibility index (Phi) is 10.9. The molecule has 2 N–H and O–H groups in total. The number of carboxylic acids is 1. The van der Waals surface area contributed by atoms with Crippen LogP contribution in [0.15, 0.2) is 46.7 Å². The maximum Gasteiger partial charge on any atom is 0.267 e. The number of anilines is 2. The Hall–Kier alpha value is -2.36. The van der Waals surface area contributed by atoms with Gasteiger partial charge in [-0.15, -0.1) is 34.4 Å². The first-order valence-corrected chi connectivity index (χ1v) is 14.2. The average molecular weight is 517 g/mol. The Labute approximate surface area is 213 Å². The number of aliphatic carboxylic acids is 1. The van der Waals surface area contributed by atoms with Crippen LogP contribution in [-0.2, 0) is 17.8 Å². The maximum atomic E-state index is 12.5. The summed E-state index contributed by atoms with van der Waals surface area (Å²) < 4.78 is 0. The number of carbonyl (C=O) groups excluding carboxylic acids is 2. The van der Waals surface area contributed by atoms with Crippen LogP contribution in [0.4, 0.5) is 10.8 Å². The minimum atomic E-state index is -1.19. The lowest BCUT2D eigenvalue weighted by Crippen LogP contribution is -2.24. The molecule has 1 aromatic carbocycles. The van der Waals surface area contributed by atoms with Gasteiger partial charge in [0.25, 0.3) is 5.91 Å². The molecule has 34 heavy (non-hydrogen) atoms. The quantitative estimate of drug-likeness (QED) is 0.195. The predicted octanol–water partition coefficient (Wildman–Crippen LogP) is 5.81. The van der Waals surface area contributed by atoms with Crippen molar-refractivity contribution in [3.8, 4) is 0 Å². The molecule has 0 saturated carbocycles. The number of nitrogens with one attached hydrogen (secondary N) is 2. The van der Waals surface area contributed by atoms with E-state index < -0.39 is 5.97 Å². The summed E-state index contributed by atoms with van der Waals surface area (Å²) in [7, 11) is 0. The topological polar surface area (TPSA) is 94.2 Å². The van der Waals surface area contributed by atoms with Crippen LogP contribution in [0.5, 0.6) is 0 Å². The van der Waals surface area contributed by atoms with Gasteiger partial charge in [0, 0.05) is 39.8 Å². The van der Waals surface area contributed by atoms with Crippen molar-refractivity contribution < 1.29 is 14.7 Å². The van der Waals surface area contributed by atoms with E-state index in [-0.39, 0.29) is 12.3 Å². The number of hydrogen-bond acceptors (Lipinski definition) is 8. The van der Waals surface area contributed by atoms with Crippen LogP contribution in [0.1, 0.15) is 65.7 Å². The summed E-state index contributed by atoms with van der Waals surface area (Å²) in [5.41, 5.74) is 1.49. The smallest absolute Gasteiger partial charge is 0.267 e. The maximum absolute atomic E-state index is 12.5. The molecule has 2 heterocycles. The lowest BCUT2D eigenvalue weighted by Gasteiger charge is -2.11. The van der Waals surface area contributed by atoms with Crippen molar-refractivity contribution in [3.63, 3.8) is 0 Å². The Morgan fingerprint density at radius 3 is 2.68 bits per heavy atom. The number of thioether (sulfide) groups is 1. The summed E-state index contributed by atoms with van der Waals surface area (Å²) in [4.78, 5) is 30.2. The van der Waals surface area contributed by atoms with E-state index in [4.69, 9.17) is 0 Å². The summed E-state index contributed by atoms with van der Waals surface area (Å²) in [6.45, 7) is 2.88. The van der Waals surface area contributed by atoms with Crippen LogP contribution in [-0.4, -0.2) is 22.6 Å². The van der Waals surface area contributed by atoms with Crippen LogP contribution >= 0.6 is 34.4 Å². The highest BCUT2D eigenvalue weighted by molar-refractivity contribution is 7.99. The molecule has 0 unspecified atom stereocenters. The van der Waals surface area contributed by atoms with Gasteiger partial charge in [-0.05, 0) is 36.4 Å². The minimum Gasteiger partial charge on any atom is -0.550 e. The molecule has 1 amide bonds. The van der Waals surface area contributed by atoms with Crippen molar-refractivity contribution in [2.45, 2.75) is 63.3 Å². The zero-order valence-electron chi connectivity index (χ0n) is 19.3. The van der Waals surface area contributed by atoms with Crippen molar-refractivity contribution >= 4 is 57.1 Å². The van der Waals surface area contributed by atoms with Crippen LogP contribution < -0.4 is 15.7 Å². The highest BCUT2D eigenvalue weighted by atomic mass is 32.2. The van der Waals surface area contributed by atoms with Gasteiger partial charge < -0.3 is 15.2 Å². The summed E-state index contributed by atoms with van der Waals surface area (Å²) in [5.74, 6) is -0.322. The number of aromatic nitrogens is 1. The summed E-state index contributed by atoms with van der Waals surface area (Å²) in [5, 5.41) is 18.9. The average Bonchev–Trinajstić information content (AvgIpc) is 3.47. The van der Waals surface area contributed by atoms with Crippen molar-refractivity contribution in [2.24, 2.45) is 0 Å². The van der Waals surface area contributed by atoms with E-state index in [1.165, 1.54) is 66.1 Å². The number of nitrogens with zero attached hydrogens (tertiary/aromatic N) is 1. The third-order valence-electron chi connectivity index (χ3n) is 5.08. The van der Waals surface area contributed by atoms with Gasteiger partial charge in [-0.3, -0.25) is 10.1 Å². The van der Waals surface area contributed by atoms with Gasteiger partial charge in [0.2, 0.25) is 0 Å². The van der Waals surface area contributed by atoms with Gasteiger partial charge in [-0.25, -0.2) is 4.98 Å². The van der Waals surface area contributed by atoms with Gasteiger partial charge in [0.15, 0.2) is 5.13 Å². The molecule has 3 rings (SSSR count). The van der Waals surface area contributed by atoms with Gasteiger partial charge >= 0.3 is 0 Å². The van der Waals surface area contributed by atoms with Crippen molar-refractivity contribution in [2.75, 3.05) is 16.4 Å². The number of rotatable bonds is 15. The van der Waals surface area contributed by atoms with Gasteiger partial charge in [0.1, 0.15) is 0 Å². The summed E-state index contributed by atoms with van der Waals surface area (Å²) in [6, 6.07) is 12.1. The second kappa shape index (κ2) is 14.1.